The van der Waals surface area contributed by atoms with E-state index in [1.165, 1.54) is 5.56 Å². The quantitative estimate of drug-likeness (QED) is 0.595. The third-order valence-electron chi connectivity index (χ3n) is 4.23. The number of hydrogen-bond acceptors (Lipinski definition) is 4. The number of para-hydroxylation sites is 1. The van der Waals surface area contributed by atoms with E-state index in [-0.39, 0.29) is 0 Å². The first-order valence-electron chi connectivity index (χ1n) is 7.90. The van der Waals surface area contributed by atoms with Gasteiger partial charge in [0.1, 0.15) is 17.5 Å². The average molecular weight is 312 g/mol. The molecule has 2 heterocycles. The lowest BCUT2D eigenvalue weighted by molar-refractivity contribution is 1.07. The molecule has 0 atom stereocenters. The van der Waals surface area contributed by atoms with Gasteiger partial charge in [0.05, 0.1) is 5.69 Å². The van der Waals surface area contributed by atoms with E-state index in [9.17, 15) is 5.26 Å². The van der Waals surface area contributed by atoms with Crippen molar-refractivity contribution < 1.29 is 0 Å². The van der Waals surface area contributed by atoms with E-state index < -0.39 is 0 Å². The molecule has 1 aromatic heterocycles. The highest BCUT2D eigenvalue weighted by molar-refractivity contribution is 5.80. The Labute approximate surface area is 140 Å². The van der Waals surface area contributed by atoms with Gasteiger partial charge in [-0.1, -0.05) is 48.5 Å². The summed E-state index contributed by atoms with van der Waals surface area (Å²) in [6.07, 6.45) is 2.64. The highest BCUT2D eigenvalue weighted by atomic mass is 15.0. The second-order valence-corrected chi connectivity index (χ2v) is 5.79. The lowest BCUT2D eigenvalue weighted by atomic mass is 9.96. The highest BCUT2D eigenvalue weighted by Crippen LogP contribution is 2.36. The molecule has 3 aromatic rings. The van der Waals surface area contributed by atoms with Crippen LogP contribution in [0.3, 0.4) is 0 Å². The fourth-order valence-corrected chi connectivity index (χ4v) is 2.99. The molecule has 0 fully saturated rings. The second-order valence-electron chi connectivity index (χ2n) is 5.79. The topological polar surface area (TPSA) is 60.7 Å². The van der Waals surface area contributed by atoms with Gasteiger partial charge >= 0.3 is 0 Å². The van der Waals surface area contributed by atoms with Crippen LogP contribution in [-0.4, -0.2) is 4.98 Å². The Kier molecular flexibility index (Phi) is 3.60. The third kappa shape index (κ3) is 2.57. The molecule has 2 aromatic carbocycles. The van der Waals surface area contributed by atoms with Crippen molar-refractivity contribution in [1.82, 2.24) is 4.98 Å². The van der Waals surface area contributed by atoms with Crippen LogP contribution in [0.1, 0.15) is 22.3 Å². The zero-order chi connectivity index (χ0) is 16.4. The van der Waals surface area contributed by atoms with Crippen LogP contribution in [-0.2, 0) is 13.0 Å². The minimum Gasteiger partial charge on any atom is -0.365 e. The van der Waals surface area contributed by atoms with Crippen molar-refractivity contribution in [2.45, 2.75) is 13.0 Å². The molecule has 0 spiro atoms. The fourth-order valence-electron chi connectivity index (χ4n) is 2.99. The number of rotatable bonds is 3. The van der Waals surface area contributed by atoms with E-state index >= 15 is 0 Å². The molecule has 1 aliphatic rings. The molecule has 4 rings (SSSR count). The van der Waals surface area contributed by atoms with E-state index in [0.29, 0.717) is 17.9 Å². The van der Waals surface area contributed by atoms with Crippen LogP contribution >= 0.6 is 0 Å². The normalized spacial score (nSPS) is 11.6. The molecule has 4 nitrogen and oxygen atoms in total. The van der Waals surface area contributed by atoms with Crippen molar-refractivity contribution in [2.75, 3.05) is 10.6 Å². The predicted molar refractivity (Wildman–Crippen MR) is 95.3 cm³/mol. The molecule has 0 saturated heterocycles. The van der Waals surface area contributed by atoms with Gasteiger partial charge in [-0.15, -0.1) is 0 Å². The number of benzene rings is 2. The van der Waals surface area contributed by atoms with Gasteiger partial charge in [0, 0.05) is 24.8 Å². The lowest BCUT2D eigenvalue weighted by Crippen LogP contribution is -2.12. The summed E-state index contributed by atoms with van der Waals surface area (Å²) in [7, 11) is 0. The van der Waals surface area contributed by atoms with E-state index in [2.05, 4.69) is 27.8 Å². The van der Waals surface area contributed by atoms with Crippen LogP contribution in [0.5, 0.6) is 0 Å². The number of nitrogens with zero attached hydrogens (tertiary/aromatic N) is 2. The third-order valence-corrected chi connectivity index (χ3v) is 4.23. The monoisotopic (exact) mass is 312 g/mol. The smallest absolute Gasteiger partial charge is 0.146 e. The van der Waals surface area contributed by atoms with Gasteiger partial charge in [-0.25, -0.2) is 4.98 Å². The van der Waals surface area contributed by atoms with Gasteiger partial charge in [0.15, 0.2) is 0 Å². The van der Waals surface area contributed by atoms with Crippen molar-refractivity contribution in [2.24, 2.45) is 0 Å². The predicted octanol–water partition coefficient (Wildman–Crippen LogP) is 4.21. The lowest BCUT2D eigenvalue weighted by Gasteiger charge is -2.23. The van der Waals surface area contributed by atoms with Crippen LogP contribution in [0.15, 0.2) is 60.8 Å². The van der Waals surface area contributed by atoms with Gasteiger partial charge in [0.25, 0.3) is 0 Å². The summed E-state index contributed by atoms with van der Waals surface area (Å²) in [5.74, 6) is 0.618. The van der Waals surface area contributed by atoms with Crippen LogP contribution < -0.4 is 10.6 Å². The molecule has 1 aliphatic heterocycles. The zero-order valence-electron chi connectivity index (χ0n) is 13.1. The molecule has 2 N–H and O–H groups in total. The molecule has 0 bridgehead atoms. The number of hydrogen-bond donors (Lipinski definition) is 2. The van der Waals surface area contributed by atoms with Crippen molar-refractivity contribution in [3.63, 3.8) is 0 Å². The Morgan fingerprint density at radius 1 is 1.04 bits per heavy atom. The average Bonchev–Trinajstić information content (AvgIpc) is 2.65. The molecule has 24 heavy (non-hydrogen) atoms. The summed E-state index contributed by atoms with van der Waals surface area (Å²) < 4.78 is 0. The van der Waals surface area contributed by atoms with E-state index in [0.717, 1.165) is 28.9 Å². The molecule has 0 radical (unpaired) electrons. The second kappa shape index (κ2) is 6.05. The maximum absolute atomic E-state index is 9.65. The summed E-state index contributed by atoms with van der Waals surface area (Å²) in [4.78, 5) is 4.48. The van der Waals surface area contributed by atoms with Gasteiger partial charge in [0.2, 0.25) is 0 Å². The number of nitriles is 1. The first-order valence-corrected chi connectivity index (χ1v) is 7.90. The summed E-state index contributed by atoms with van der Waals surface area (Å²) in [6, 6.07) is 20.6. The SMILES string of the molecule is N#Cc1c(NCc2ccccc2)ncc2c1Nc1ccccc1C2. The highest BCUT2D eigenvalue weighted by Gasteiger charge is 2.20. The van der Waals surface area contributed by atoms with Crippen molar-refractivity contribution in [3.05, 3.63) is 83.0 Å². The Hall–Kier alpha value is -3.32. The first kappa shape index (κ1) is 14.3. The van der Waals surface area contributed by atoms with Crippen LogP contribution in [0, 0.1) is 11.3 Å². The number of fused-ring (bicyclic) bond motifs is 2. The molecule has 0 amide bonds. The number of aromatic nitrogens is 1. The van der Waals surface area contributed by atoms with E-state index in [1.807, 2.05) is 54.7 Å². The van der Waals surface area contributed by atoms with Crippen molar-refractivity contribution in [1.29, 1.82) is 5.26 Å². The molecule has 4 heteroatoms. The Morgan fingerprint density at radius 2 is 1.83 bits per heavy atom. The van der Waals surface area contributed by atoms with Gasteiger partial charge in [-0.05, 0) is 22.8 Å². The Bertz CT molecular complexity index is 926. The number of pyridine rings is 1. The number of anilines is 3. The molecule has 0 unspecified atom stereocenters. The van der Waals surface area contributed by atoms with Gasteiger partial charge in [-0.2, -0.15) is 5.26 Å². The largest absolute Gasteiger partial charge is 0.365 e. The Morgan fingerprint density at radius 3 is 2.67 bits per heavy atom. The van der Waals surface area contributed by atoms with Crippen LogP contribution in [0.4, 0.5) is 17.2 Å². The molecular weight excluding hydrogens is 296 g/mol. The maximum atomic E-state index is 9.65. The number of nitrogens with one attached hydrogen (secondary N) is 2. The van der Waals surface area contributed by atoms with E-state index in [1.54, 1.807) is 0 Å². The van der Waals surface area contributed by atoms with Gasteiger partial charge in [-0.3, -0.25) is 0 Å². The minimum atomic E-state index is 0.568. The zero-order valence-corrected chi connectivity index (χ0v) is 13.1. The standard InChI is InChI=1S/C20H16N4/c21-11-17-19-16(10-15-8-4-5-9-18(15)24-19)13-23-20(17)22-12-14-6-2-1-3-7-14/h1-9,13,24H,10,12H2,(H,22,23). The Balaban J connectivity index is 1.65. The van der Waals surface area contributed by atoms with Crippen molar-refractivity contribution in [3.8, 4) is 6.07 Å². The van der Waals surface area contributed by atoms with Crippen LogP contribution in [0.2, 0.25) is 0 Å². The van der Waals surface area contributed by atoms with Crippen LogP contribution in [0.25, 0.3) is 0 Å². The van der Waals surface area contributed by atoms with Crippen molar-refractivity contribution >= 4 is 17.2 Å². The molecule has 0 saturated carbocycles. The maximum Gasteiger partial charge on any atom is 0.146 e. The summed E-state index contributed by atoms with van der Waals surface area (Å²) in [5, 5.41) is 16.3. The summed E-state index contributed by atoms with van der Waals surface area (Å²) in [6.45, 7) is 0.637. The summed E-state index contributed by atoms with van der Waals surface area (Å²) in [5.41, 5.74) is 5.91. The fraction of sp³-hybridized carbons (Fsp3) is 0.100. The first-order chi connectivity index (χ1) is 11.8. The molecule has 116 valence electrons. The minimum absolute atomic E-state index is 0.568. The summed E-state index contributed by atoms with van der Waals surface area (Å²) >= 11 is 0. The molecular formula is C20H16N4. The van der Waals surface area contributed by atoms with E-state index in [4.69, 9.17) is 0 Å². The van der Waals surface area contributed by atoms with Gasteiger partial charge < -0.3 is 10.6 Å². The molecule has 0 aliphatic carbocycles.